The van der Waals surface area contributed by atoms with Crippen molar-refractivity contribution in [1.82, 2.24) is 4.90 Å². The first-order chi connectivity index (χ1) is 16.4. The summed E-state index contributed by atoms with van der Waals surface area (Å²) in [5, 5.41) is 2.70. The first-order valence-electron chi connectivity index (χ1n) is 10.9. The van der Waals surface area contributed by atoms with E-state index in [-0.39, 0.29) is 17.2 Å². The van der Waals surface area contributed by atoms with E-state index in [4.69, 9.17) is 0 Å². The van der Waals surface area contributed by atoms with E-state index in [9.17, 15) is 18.8 Å². The van der Waals surface area contributed by atoms with E-state index in [1.165, 1.54) is 31.2 Å². The molecule has 6 nitrogen and oxygen atoms in total. The fraction of sp³-hybridized carbons (Fsp3) is 0.148. The van der Waals surface area contributed by atoms with Gasteiger partial charge in [0, 0.05) is 25.7 Å². The zero-order chi connectivity index (χ0) is 24.2. The first kappa shape index (κ1) is 22.9. The fourth-order valence-electron chi connectivity index (χ4n) is 3.97. The van der Waals surface area contributed by atoms with E-state index >= 15 is 0 Å². The Kier molecular flexibility index (Phi) is 6.54. The highest BCUT2D eigenvalue weighted by molar-refractivity contribution is 6.45. The van der Waals surface area contributed by atoms with Gasteiger partial charge in [-0.3, -0.25) is 14.4 Å². The second kappa shape index (κ2) is 9.70. The summed E-state index contributed by atoms with van der Waals surface area (Å²) in [4.78, 5) is 41.6. The normalized spacial score (nSPS) is 13.4. The predicted molar refractivity (Wildman–Crippen MR) is 129 cm³/mol. The van der Waals surface area contributed by atoms with Crippen molar-refractivity contribution in [3.8, 4) is 0 Å². The number of amides is 3. The van der Waals surface area contributed by atoms with Crippen LogP contribution in [-0.4, -0.2) is 29.2 Å². The molecule has 0 fully saturated rings. The quantitative estimate of drug-likeness (QED) is 0.527. The van der Waals surface area contributed by atoms with Gasteiger partial charge in [0.05, 0.1) is 11.3 Å². The molecule has 0 saturated heterocycles. The summed E-state index contributed by atoms with van der Waals surface area (Å²) in [5.41, 5.74) is 2.99. The van der Waals surface area contributed by atoms with Gasteiger partial charge in [-0.05, 0) is 54.4 Å². The van der Waals surface area contributed by atoms with Crippen molar-refractivity contribution in [3.63, 3.8) is 0 Å². The van der Waals surface area contributed by atoms with Gasteiger partial charge in [-0.2, -0.15) is 0 Å². The number of anilines is 2. The summed E-state index contributed by atoms with van der Waals surface area (Å²) >= 11 is 0. The van der Waals surface area contributed by atoms with Crippen LogP contribution < -0.4 is 10.2 Å². The van der Waals surface area contributed by atoms with Crippen LogP contribution in [-0.2, 0) is 20.9 Å². The second-order valence-corrected chi connectivity index (χ2v) is 7.90. The van der Waals surface area contributed by atoms with Crippen LogP contribution in [0.3, 0.4) is 0 Å². The Bertz CT molecular complexity index is 1250. The standard InChI is InChI=1S/C27H24FN3O3/c1-3-30(17-19-7-5-4-6-8-19)25-24(20-9-13-22(14-10-20)29-18(2)32)26(33)31(27(25)34)23-15-11-21(28)12-16-23/h4-16H,3,17H2,1-2H3,(H,29,32). The molecule has 0 unspecified atom stereocenters. The molecule has 3 amide bonds. The molecule has 1 heterocycles. The van der Waals surface area contributed by atoms with Crippen molar-refractivity contribution >= 4 is 34.7 Å². The highest BCUT2D eigenvalue weighted by Gasteiger charge is 2.42. The maximum atomic E-state index is 13.6. The lowest BCUT2D eigenvalue weighted by molar-refractivity contribution is -0.121. The van der Waals surface area contributed by atoms with Crippen molar-refractivity contribution in [2.45, 2.75) is 20.4 Å². The van der Waals surface area contributed by atoms with Crippen LogP contribution in [0.1, 0.15) is 25.0 Å². The molecule has 1 aliphatic rings. The Morgan fingerprint density at radius 3 is 2.15 bits per heavy atom. The minimum Gasteiger partial charge on any atom is -0.362 e. The molecular formula is C27H24FN3O3. The number of rotatable bonds is 7. The third-order valence-corrected chi connectivity index (χ3v) is 5.55. The van der Waals surface area contributed by atoms with Gasteiger partial charge >= 0.3 is 0 Å². The average molecular weight is 458 g/mol. The molecule has 0 bridgehead atoms. The highest BCUT2D eigenvalue weighted by atomic mass is 19.1. The van der Waals surface area contributed by atoms with E-state index < -0.39 is 17.6 Å². The van der Waals surface area contributed by atoms with Crippen molar-refractivity contribution in [3.05, 3.63) is 102 Å². The molecule has 0 atom stereocenters. The lowest BCUT2D eigenvalue weighted by Crippen LogP contribution is -2.35. The molecule has 0 spiro atoms. The van der Waals surface area contributed by atoms with Gasteiger partial charge in [-0.15, -0.1) is 0 Å². The number of benzene rings is 3. The van der Waals surface area contributed by atoms with E-state index in [1.807, 2.05) is 42.2 Å². The first-order valence-corrected chi connectivity index (χ1v) is 10.9. The maximum Gasteiger partial charge on any atom is 0.282 e. The number of hydrogen-bond acceptors (Lipinski definition) is 4. The smallest absolute Gasteiger partial charge is 0.282 e. The third-order valence-electron chi connectivity index (χ3n) is 5.55. The number of imide groups is 1. The maximum absolute atomic E-state index is 13.6. The summed E-state index contributed by atoms with van der Waals surface area (Å²) in [6.07, 6.45) is 0. The molecule has 0 aromatic heterocycles. The van der Waals surface area contributed by atoms with Crippen LogP contribution in [0.2, 0.25) is 0 Å². The van der Waals surface area contributed by atoms with Crippen LogP contribution in [0.25, 0.3) is 5.57 Å². The minimum absolute atomic E-state index is 0.206. The van der Waals surface area contributed by atoms with Gasteiger partial charge in [0.25, 0.3) is 11.8 Å². The van der Waals surface area contributed by atoms with Crippen molar-refractivity contribution < 1.29 is 18.8 Å². The number of hydrogen-bond donors (Lipinski definition) is 1. The van der Waals surface area contributed by atoms with E-state index in [2.05, 4.69) is 5.32 Å². The molecule has 0 radical (unpaired) electrons. The Morgan fingerprint density at radius 1 is 0.912 bits per heavy atom. The van der Waals surface area contributed by atoms with E-state index in [0.717, 1.165) is 10.5 Å². The predicted octanol–water partition coefficient (Wildman–Crippen LogP) is 4.59. The Labute approximate surface area is 197 Å². The topological polar surface area (TPSA) is 69.7 Å². The number of likely N-dealkylation sites (N-methyl/N-ethyl adjacent to an activating group) is 1. The van der Waals surface area contributed by atoms with Crippen LogP contribution in [0.4, 0.5) is 15.8 Å². The number of halogens is 1. The van der Waals surface area contributed by atoms with Crippen LogP contribution in [0, 0.1) is 5.82 Å². The molecule has 1 N–H and O–H groups in total. The third kappa shape index (κ3) is 4.59. The molecule has 172 valence electrons. The zero-order valence-electron chi connectivity index (χ0n) is 18.9. The van der Waals surface area contributed by atoms with Crippen LogP contribution in [0.15, 0.2) is 84.6 Å². The van der Waals surface area contributed by atoms with E-state index in [1.54, 1.807) is 24.3 Å². The molecule has 4 rings (SSSR count). The van der Waals surface area contributed by atoms with Crippen molar-refractivity contribution in [2.24, 2.45) is 0 Å². The number of nitrogens with one attached hydrogen (secondary N) is 1. The summed E-state index contributed by atoms with van der Waals surface area (Å²) in [5.74, 6) is -1.60. The van der Waals surface area contributed by atoms with E-state index in [0.29, 0.717) is 30.0 Å². The lowest BCUT2D eigenvalue weighted by atomic mass is 10.0. The average Bonchev–Trinajstić information content (AvgIpc) is 3.09. The molecule has 0 saturated carbocycles. The monoisotopic (exact) mass is 457 g/mol. The number of carbonyl (C=O) groups excluding carboxylic acids is 3. The van der Waals surface area contributed by atoms with Gasteiger partial charge in [0.2, 0.25) is 5.91 Å². The Hall–Kier alpha value is -4.26. The van der Waals surface area contributed by atoms with Crippen molar-refractivity contribution in [2.75, 3.05) is 16.8 Å². The summed E-state index contributed by atoms with van der Waals surface area (Å²) in [6, 6.07) is 21.7. The van der Waals surface area contributed by atoms with Gasteiger partial charge in [0.1, 0.15) is 11.5 Å². The van der Waals surface area contributed by atoms with Gasteiger partial charge < -0.3 is 10.2 Å². The molecule has 7 heteroatoms. The largest absolute Gasteiger partial charge is 0.362 e. The minimum atomic E-state index is -0.481. The summed E-state index contributed by atoms with van der Waals surface area (Å²) < 4.78 is 13.5. The molecule has 3 aromatic carbocycles. The number of nitrogens with zero attached hydrogens (tertiary/aromatic N) is 2. The van der Waals surface area contributed by atoms with Crippen molar-refractivity contribution in [1.29, 1.82) is 0 Å². The summed E-state index contributed by atoms with van der Waals surface area (Å²) in [7, 11) is 0. The Morgan fingerprint density at radius 2 is 1.56 bits per heavy atom. The molecule has 1 aliphatic heterocycles. The molecule has 34 heavy (non-hydrogen) atoms. The summed E-state index contributed by atoms with van der Waals surface area (Å²) in [6.45, 7) is 4.27. The molecule has 0 aliphatic carbocycles. The van der Waals surface area contributed by atoms with Crippen LogP contribution in [0.5, 0.6) is 0 Å². The molecular weight excluding hydrogens is 433 g/mol. The van der Waals surface area contributed by atoms with Gasteiger partial charge in [-0.25, -0.2) is 9.29 Å². The fourth-order valence-corrected chi connectivity index (χ4v) is 3.97. The van der Waals surface area contributed by atoms with Gasteiger partial charge in [0.15, 0.2) is 0 Å². The SMILES string of the molecule is CCN(Cc1ccccc1)C1=C(c2ccc(NC(C)=O)cc2)C(=O)N(c2ccc(F)cc2)C1=O. The lowest BCUT2D eigenvalue weighted by Gasteiger charge is -2.25. The molecule has 3 aromatic rings. The second-order valence-electron chi connectivity index (χ2n) is 7.90. The van der Waals surface area contributed by atoms with Crippen LogP contribution >= 0.6 is 0 Å². The van der Waals surface area contributed by atoms with Gasteiger partial charge in [-0.1, -0.05) is 42.5 Å². The highest BCUT2D eigenvalue weighted by Crippen LogP contribution is 2.35. The Balaban J connectivity index is 1.80. The zero-order valence-corrected chi connectivity index (χ0v) is 18.9. The number of carbonyl (C=O) groups is 3.